The molecule has 2 aromatic carbocycles. The van der Waals surface area contributed by atoms with Crippen molar-refractivity contribution in [1.29, 1.82) is 0 Å². The van der Waals surface area contributed by atoms with Crippen molar-refractivity contribution in [3.05, 3.63) is 68.7 Å². The number of carbonyl (C=O) groups excluding carboxylic acids is 3. The van der Waals surface area contributed by atoms with Crippen LogP contribution in [0.25, 0.3) is 0 Å². The molecule has 2 aromatic rings. The smallest absolute Gasteiger partial charge is 0.288 e. The molecule has 0 atom stereocenters. The SMILES string of the molecule is O=C(NNC(=O)c1ccc(Cl)c([N+](=O)[O-])c1)c1ccc(NC(=O)C2CCCCC2)cc1. The second kappa shape index (κ2) is 10.0. The zero-order valence-corrected chi connectivity index (χ0v) is 17.3. The van der Waals surface area contributed by atoms with Gasteiger partial charge < -0.3 is 5.32 Å². The second-order valence-corrected chi connectivity index (χ2v) is 7.64. The van der Waals surface area contributed by atoms with Crippen molar-refractivity contribution in [3.8, 4) is 0 Å². The molecule has 1 aliphatic carbocycles. The maximum Gasteiger partial charge on any atom is 0.288 e. The summed E-state index contributed by atoms with van der Waals surface area (Å²) in [6, 6.07) is 9.82. The van der Waals surface area contributed by atoms with Crippen LogP contribution in [0.5, 0.6) is 0 Å². The van der Waals surface area contributed by atoms with Crippen LogP contribution in [-0.2, 0) is 4.79 Å². The van der Waals surface area contributed by atoms with E-state index in [4.69, 9.17) is 11.6 Å². The number of hydrogen-bond donors (Lipinski definition) is 3. The Hall–Kier alpha value is -3.46. The Labute approximate surface area is 183 Å². The van der Waals surface area contributed by atoms with Gasteiger partial charge in [-0.3, -0.25) is 35.3 Å². The zero-order valence-electron chi connectivity index (χ0n) is 16.5. The third-order valence-corrected chi connectivity index (χ3v) is 5.40. The largest absolute Gasteiger partial charge is 0.326 e. The van der Waals surface area contributed by atoms with E-state index in [0.29, 0.717) is 5.69 Å². The zero-order chi connectivity index (χ0) is 22.4. The van der Waals surface area contributed by atoms with E-state index in [2.05, 4.69) is 16.2 Å². The minimum Gasteiger partial charge on any atom is -0.326 e. The fourth-order valence-electron chi connectivity index (χ4n) is 3.37. The molecule has 10 heteroatoms. The fraction of sp³-hybridized carbons (Fsp3) is 0.286. The number of benzene rings is 2. The first-order valence-electron chi connectivity index (χ1n) is 9.80. The van der Waals surface area contributed by atoms with Gasteiger partial charge in [-0.05, 0) is 49.2 Å². The highest BCUT2D eigenvalue weighted by atomic mass is 35.5. The molecule has 162 valence electrons. The van der Waals surface area contributed by atoms with Crippen molar-refractivity contribution in [1.82, 2.24) is 10.9 Å². The van der Waals surface area contributed by atoms with Crippen molar-refractivity contribution in [2.75, 3.05) is 5.32 Å². The van der Waals surface area contributed by atoms with Gasteiger partial charge in [0, 0.05) is 28.8 Å². The molecule has 31 heavy (non-hydrogen) atoms. The van der Waals surface area contributed by atoms with Crippen LogP contribution in [0.1, 0.15) is 52.8 Å². The quantitative estimate of drug-likeness (QED) is 0.476. The third kappa shape index (κ3) is 5.79. The molecule has 0 aliphatic heterocycles. The average Bonchev–Trinajstić information content (AvgIpc) is 2.78. The summed E-state index contributed by atoms with van der Waals surface area (Å²) in [5.41, 5.74) is 4.85. The Morgan fingerprint density at radius 1 is 0.903 bits per heavy atom. The lowest BCUT2D eigenvalue weighted by Crippen LogP contribution is -2.41. The van der Waals surface area contributed by atoms with Gasteiger partial charge in [-0.15, -0.1) is 0 Å². The van der Waals surface area contributed by atoms with E-state index in [1.54, 1.807) is 12.1 Å². The number of hydrazine groups is 1. The first kappa shape index (κ1) is 22.2. The van der Waals surface area contributed by atoms with Crippen molar-refractivity contribution >= 4 is 40.7 Å². The number of amides is 3. The third-order valence-electron chi connectivity index (χ3n) is 5.09. The van der Waals surface area contributed by atoms with Crippen LogP contribution in [-0.4, -0.2) is 22.6 Å². The van der Waals surface area contributed by atoms with Gasteiger partial charge in [0.25, 0.3) is 17.5 Å². The number of nitro groups is 1. The van der Waals surface area contributed by atoms with E-state index in [-0.39, 0.29) is 28.0 Å². The molecule has 0 radical (unpaired) electrons. The monoisotopic (exact) mass is 444 g/mol. The number of nitro benzene ring substituents is 1. The lowest BCUT2D eigenvalue weighted by atomic mass is 9.88. The highest BCUT2D eigenvalue weighted by Crippen LogP contribution is 2.26. The summed E-state index contributed by atoms with van der Waals surface area (Å²) in [4.78, 5) is 46.9. The van der Waals surface area contributed by atoms with E-state index < -0.39 is 22.4 Å². The molecule has 0 bridgehead atoms. The van der Waals surface area contributed by atoms with Crippen LogP contribution in [0, 0.1) is 16.0 Å². The summed E-state index contributed by atoms with van der Waals surface area (Å²) in [5.74, 6) is -1.30. The predicted octanol–water partition coefficient (Wildman–Crippen LogP) is 3.84. The molecule has 0 aromatic heterocycles. The minimum atomic E-state index is -0.732. The van der Waals surface area contributed by atoms with Crippen molar-refractivity contribution < 1.29 is 19.3 Å². The van der Waals surface area contributed by atoms with Gasteiger partial charge in [-0.2, -0.15) is 0 Å². The molecule has 1 fully saturated rings. The highest BCUT2D eigenvalue weighted by Gasteiger charge is 2.21. The normalized spacial score (nSPS) is 13.8. The number of hydrogen-bond acceptors (Lipinski definition) is 5. The molecule has 0 saturated heterocycles. The predicted molar refractivity (Wildman–Crippen MR) is 115 cm³/mol. The molecule has 9 nitrogen and oxygen atoms in total. The Kier molecular flexibility index (Phi) is 7.19. The highest BCUT2D eigenvalue weighted by molar-refractivity contribution is 6.32. The second-order valence-electron chi connectivity index (χ2n) is 7.23. The molecule has 0 unspecified atom stereocenters. The van der Waals surface area contributed by atoms with E-state index in [0.717, 1.165) is 31.7 Å². The summed E-state index contributed by atoms with van der Waals surface area (Å²) in [7, 11) is 0. The molecule has 1 saturated carbocycles. The summed E-state index contributed by atoms with van der Waals surface area (Å²) in [6.45, 7) is 0. The molecule has 1 aliphatic rings. The van der Waals surface area contributed by atoms with E-state index in [1.807, 2.05) is 0 Å². The topological polar surface area (TPSA) is 130 Å². The van der Waals surface area contributed by atoms with Crippen LogP contribution < -0.4 is 16.2 Å². The van der Waals surface area contributed by atoms with Crippen LogP contribution >= 0.6 is 11.6 Å². The van der Waals surface area contributed by atoms with Gasteiger partial charge in [-0.25, -0.2) is 0 Å². The number of rotatable bonds is 5. The van der Waals surface area contributed by atoms with Gasteiger partial charge >= 0.3 is 0 Å². The lowest BCUT2D eigenvalue weighted by molar-refractivity contribution is -0.384. The molecule has 0 spiro atoms. The molecular weight excluding hydrogens is 424 g/mol. The van der Waals surface area contributed by atoms with Gasteiger partial charge in [0.1, 0.15) is 5.02 Å². The molecular formula is C21H21ClN4O5. The van der Waals surface area contributed by atoms with E-state index in [9.17, 15) is 24.5 Å². The van der Waals surface area contributed by atoms with Crippen LogP contribution in [0.3, 0.4) is 0 Å². The molecule has 0 heterocycles. The van der Waals surface area contributed by atoms with Gasteiger partial charge in [0.2, 0.25) is 5.91 Å². The number of halogens is 1. The Morgan fingerprint density at radius 3 is 2.10 bits per heavy atom. The summed E-state index contributed by atoms with van der Waals surface area (Å²) >= 11 is 5.72. The average molecular weight is 445 g/mol. The van der Waals surface area contributed by atoms with Gasteiger partial charge in [0.05, 0.1) is 4.92 Å². The molecule has 3 amide bonds. The fourth-order valence-corrected chi connectivity index (χ4v) is 3.55. The van der Waals surface area contributed by atoms with Crippen LogP contribution in [0.15, 0.2) is 42.5 Å². The Bertz CT molecular complexity index is 1000. The molecule has 3 N–H and O–H groups in total. The summed E-state index contributed by atoms with van der Waals surface area (Å²) < 4.78 is 0. The van der Waals surface area contributed by atoms with Gasteiger partial charge in [-0.1, -0.05) is 30.9 Å². The Morgan fingerprint density at radius 2 is 1.48 bits per heavy atom. The standard InChI is InChI=1S/C21H21ClN4O5/c22-17-11-8-15(12-18(17)26(30)31)21(29)25-24-20(28)14-6-9-16(10-7-14)23-19(27)13-4-2-1-3-5-13/h6-13H,1-5H2,(H,23,27)(H,24,28)(H,25,29). The first-order chi connectivity index (χ1) is 14.8. The van der Waals surface area contributed by atoms with Crippen molar-refractivity contribution in [2.24, 2.45) is 5.92 Å². The molecule has 3 rings (SSSR count). The van der Waals surface area contributed by atoms with Crippen LogP contribution in [0.4, 0.5) is 11.4 Å². The number of carbonyl (C=O) groups is 3. The number of anilines is 1. The summed E-state index contributed by atoms with van der Waals surface area (Å²) in [5, 5.41) is 13.7. The lowest BCUT2D eigenvalue weighted by Gasteiger charge is -2.20. The van der Waals surface area contributed by atoms with Gasteiger partial charge in [0.15, 0.2) is 0 Å². The van der Waals surface area contributed by atoms with E-state index in [1.165, 1.54) is 30.7 Å². The van der Waals surface area contributed by atoms with Crippen molar-refractivity contribution in [3.63, 3.8) is 0 Å². The van der Waals surface area contributed by atoms with E-state index >= 15 is 0 Å². The summed E-state index contributed by atoms with van der Waals surface area (Å²) in [6.07, 6.45) is 5.07. The maximum atomic E-state index is 12.3. The van der Waals surface area contributed by atoms with Crippen LogP contribution in [0.2, 0.25) is 5.02 Å². The number of nitrogens with one attached hydrogen (secondary N) is 3. The number of nitrogens with zero attached hydrogens (tertiary/aromatic N) is 1. The van der Waals surface area contributed by atoms with Crippen molar-refractivity contribution in [2.45, 2.75) is 32.1 Å². The minimum absolute atomic E-state index is 0.0128. The maximum absolute atomic E-state index is 12.3. The Balaban J connectivity index is 1.54. The first-order valence-corrected chi connectivity index (χ1v) is 10.2.